The van der Waals surface area contributed by atoms with Crippen molar-refractivity contribution in [2.24, 2.45) is 5.41 Å². The third kappa shape index (κ3) is 4.92. The van der Waals surface area contributed by atoms with E-state index in [-0.39, 0.29) is 29.5 Å². The fraction of sp³-hybridized carbons (Fsp3) is 0.615. The van der Waals surface area contributed by atoms with E-state index in [1.54, 1.807) is 6.08 Å². The van der Waals surface area contributed by atoms with Crippen LogP contribution in [0, 0.1) is 16.7 Å². The van der Waals surface area contributed by atoms with Crippen LogP contribution in [-0.4, -0.2) is 35.4 Å². The van der Waals surface area contributed by atoms with Crippen LogP contribution in [0.15, 0.2) is 11.6 Å². The highest BCUT2D eigenvalue weighted by Crippen LogP contribution is 2.21. The molecule has 0 aliphatic carbocycles. The van der Waals surface area contributed by atoms with Crippen molar-refractivity contribution in [2.75, 3.05) is 13.1 Å². The lowest BCUT2D eigenvalue weighted by atomic mass is 9.93. The van der Waals surface area contributed by atoms with Crippen molar-refractivity contribution in [3.63, 3.8) is 0 Å². The standard InChI is InChI=1S/C13H17ClN2O3/c1-13(2,3)6-9(7-15)11(17)16-5-4-10(8-16)19-12(14)18/h6,10H,4-5,8H2,1-3H3/b9-6+/t10-/m0/s1. The van der Waals surface area contributed by atoms with Gasteiger partial charge in [-0.3, -0.25) is 4.79 Å². The van der Waals surface area contributed by atoms with Gasteiger partial charge in [0.25, 0.3) is 5.91 Å². The molecule has 0 aromatic heterocycles. The molecular weight excluding hydrogens is 268 g/mol. The first-order valence-corrected chi connectivity index (χ1v) is 6.39. The summed E-state index contributed by atoms with van der Waals surface area (Å²) in [4.78, 5) is 24.3. The van der Waals surface area contributed by atoms with Crippen molar-refractivity contribution in [3.05, 3.63) is 11.6 Å². The van der Waals surface area contributed by atoms with Crippen molar-refractivity contribution in [2.45, 2.75) is 33.3 Å². The maximum atomic E-state index is 12.1. The van der Waals surface area contributed by atoms with Gasteiger partial charge in [-0.25, -0.2) is 4.79 Å². The van der Waals surface area contributed by atoms with Crippen molar-refractivity contribution in [1.29, 1.82) is 5.26 Å². The third-order valence-corrected chi connectivity index (χ3v) is 2.71. The Hall–Kier alpha value is -1.54. The van der Waals surface area contributed by atoms with Gasteiger partial charge in [0.1, 0.15) is 17.7 Å². The molecule has 1 saturated heterocycles. The number of rotatable bonds is 2. The molecular formula is C13H17ClN2O3. The predicted octanol–water partition coefficient (Wildman–Crippen LogP) is 2.46. The van der Waals surface area contributed by atoms with Crippen molar-refractivity contribution < 1.29 is 14.3 Å². The Morgan fingerprint density at radius 2 is 2.11 bits per heavy atom. The third-order valence-electron chi connectivity index (χ3n) is 2.62. The summed E-state index contributed by atoms with van der Waals surface area (Å²) in [5, 5.41) is 9.06. The SMILES string of the molecule is CC(C)(C)/C=C(\C#N)C(=O)N1CC[C@H](OC(=O)Cl)C1. The number of hydrogen-bond donors (Lipinski definition) is 0. The van der Waals surface area contributed by atoms with Crippen LogP contribution >= 0.6 is 11.6 Å². The summed E-state index contributed by atoms with van der Waals surface area (Å²) in [6, 6.07) is 1.93. The summed E-state index contributed by atoms with van der Waals surface area (Å²) >= 11 is 5.13. The van der Waals surface area contributed by atoms with E-state index in [0.29, 0.717) is 13.0 Å². The van der Waals surface area contributed by atoms with E-state index in [0.717, 1.165) is 0 Å². The zero-order valence-electron chi connectivity index (χ0n) is 11.3. The Labute approximate surface area is 117 Å². The molecule has 1 aliphatic heterocycles. The molecule has 0 aromatic carbocycles. The van der Waals surface area contributed by atoms with Crippen LogP contribution in [0.2, 0.25) is 0 Å². The molecule has 1 atom stereocenters. The van der Waals surface area contributed by atoms with Crippen molar-refractivity contribution in [3.8, 4) is 6.07 Å². The molecule has 1 aliphatic rings. The van der Waals surface area contributed by atoms with E-state index in [2.05, 4.69) is 0 Å². The highest BCUT2D eigenvalue weighted by atomic mass is 35.5. The van der Waals surface area contributed by atoms with Crippen LogP contribution < -0.4 is 0 Å². The Morgan fingerprint density at radius 1 is 1.47 bits per heavy atom. The normalized spacial score (nSPS) is 20.1. The number of ether oxygens (including phenoxy) is 1. The van der Waals surface area contributed by atoms with E-state index < -0.39 is 5.43 Å². The minimum Gasteiger partial charge on any atom is -0.448 e. The minimum absolute atomic E-state index is 0.116. The summed E-state index contributed by atoms with van der Waals surface area (Å²) in [6.07, 6.45) is 1.80. The molecule has 19 heavy (non-hydrogen) atoms. The molecule has 0 radical (unpaired) electrons. The Balaban J connectivity index is 2.72. The number of carbonyl (C=O) groups is 2. The number of carbonyl (C=O) groups excluding carboxylic acids is 2. The number of likely N-dealkylation sites (tertiary alicyclic amines) is 1. The molecule has 0 saturated carbocycles. The summed E-state index contributed by atoms with van der Waals surface area (Å²) < 4.78 is 4.84. The van der Waals surface area contributed by atoms with E-state index in [1.807, 2.05) is 26.8 Å². The minimum atomic E-state index is -0.870. The van der Waals surface area contributed by atoms with Crippen LogP contribution in [-0.2, 0) is 9.53 Å². The lowest BCUT2D eigenvalue weighted by Gasteiger charge is -2.18. The van der Waals surface area contributed by atoms with E-state index >= 15 is 0 Å². The van der Waals surface area contributed by atoms with Gasteiger partial charge in [-0.1, -0.05) is 26.8 Å². The van der Waals surface area contributed by atoms with Gasteiger partial charge >= 0.3 is 5.43 Å². The largest absolute Gasteiger partial charge is 0.448 e. The van der Waals surface area contributed by atoms with Crippen molar-refractivity contribution >= 4 is 22.9 Å². The second-order valence-electron chi connectivity index (χ2n) is 5.55. The van der Waals surface area contributed by atoms with E-state index in [1.165, 1.54) is 4.90 Å². The molecule has 0 spiro atoms. The van der Waals surface area contributed by atoms with Crippen LogP contribution in [0.1, 0.15) is 27.2 Å². The molecule has 1 amide bonds. The number of allylic oxidation sites excluding steroid dienone is 1. The van der Waals surface area contributed by atoms with Gasteiger partial charge in [0.2, 0.25) is 0 Å². The zero-order chi connectivity index (χ0) is 14.6. The van der Waals surface area contributed by atoms with Crippen LogP contribution in [0.4, 0.5) is 4.79 Å². The van der Waals surface area contributed by atoms with E-state index in [4.69, 9.17) is 21.6 Å². The number of nitrogens with zero attached hydrogens (tertiary/aromatic N) is 2. The van der Waals surface area contributed by atoms with Crippen LogP contribution in [0.5, 0.6) is 0 Å². The molecule has 0 aromatic rings. The van der Waals surface area contributed by atoms with Gasteiger partial charge in [0.15, 0.2) is 0 Å². The lowest BCUT2D eigenvalue weighted by molar-refractivity contribution is -0.126. The van der Waals surface area contributed by atoms with Gasteiger partial charge in [-0.2, -0.15) is 5.26 Å². The quantitative estimate of drug-likeness (QED) is 0.444. The Bertz CT molecular complexity index is 446. The molecule has 0 N–H and O–H groups in total. The average Bonchev–Trinajstić information content (AvgIpc) is 2.71. The van der Waals surface area contributed by atoms with Gasteiger partial charge < -0.3 is 9.64 Å². The second kappa shape index (κ2) is 6.07. The Kier molecular flexibility index (Phi) is 4.96. The molecule has 5 nitrogen and oxygen atoms in total. The van der Waals surface area contributed by atoms with Gasteiger partial charge in [0.05, 0.1) is 6.54 Å². The summed E-state index contributed by atoms with van der Waals surface area (Å²) in [5.41, 5.74) is -1.00. The molecule has 1 heterocycles. The second-order valence-corrected chi connectivity index (χ2v) is 5.86. The first kappa shape index (κ1) is 15.5. The van der Waals surface area contributed by atoms with Crippen LogP contribution in [0.3, 0.4) is 0 Å². The summed E-state index contributed by atoms with van der Waals surface area (Å²) in [5.74, 6) is -0.328. The topological polar surface area (TPSA) is 70.4 Å². The first-order chi connectivity index (χ1) is 8.73. The number of hydrogen-bond acceptors (Lipinski definition) is 4. The smallest absolute Gasteiger partial charge is 0.404 e. The Morgan fingerprint density at radius 3 is 2.58 bits per heavy atom. The van der Waals surface area contributed by atoms with Gasteiger partial charge in [-0.05, 0) is 5.41 Å². The predicted molar refractivity (Wildman–Crippen MR) is 70.5 cm³/mol. The first-order valence-electron chi connectivity index (χ1n) is 6.01. The fourth-order valence-corrected chi connectivity index (χ4v) is 2.01. The number of nitriles is 1. The maximum absolute atomic E-state index is 12.1. The highest BCUT2D eigenvalue weighted by molar-refractivity contribution is 6.61. The maximum Gasteiger partial charge on any atom is 0.404 e. The molecule has 0 bridgehead atoms. The zero-order valence-corrected chi connectivity index (χ0v) is 12.0. The lowest BCUT2D eigenvalue weighted by Crippen LogP contribution is -2.31. The fourth-order valence-electron chi connectivity index (χ4n) is 1.89. The summed E-state index contributed by atoms with van der Waals surface area (Å²) in [6.45, 7) is 6.48. The summed E-state index contributed by atoms with van der Waals surface area (Å²) in [7, 11) is 0. The molecule has 104 valence electrons. The van der Waals surface area contributed by atoms with Crippen molar-refractivity contribution in [1.82, 2.24) is 4.90 Å². The van der Waals surface area contributed by atoms with Gasteiger partial charge in [0, 0.05) is 24.6 Å². The highest BCUT2D eigenvalue weighted by Gasteiger charge is 2.30. The monoisotopic (exact) mass is 284 g/mol. The molecule has 0 unspecified atom stereocenters. The molecule has 1 rings (SSSR count). The van der Waals surface area contributed by atoms with Gasteiger partial charge in [-0.15, -0.1) is 0 Å². The molecule has 6 heteroatoms. The number of amides is 1. The molecule has 1 fully saturated rings. The van der Waals surface area contributed by atoms with E-state index in [9.17, 15) is 9.59 Å². The average molecular weight is 285 g/mol. The van der Waals surface area contributed by atoms with Crippen LogP contribution in [0.25, 0.3) is 0 Å². The number of halogens is 1.